The summed E-state index contributed by atoms with van der Waals surface area (Å²) >= 11 is 16.5. The van der Waals surface area contributed by atoms with Gasteiger partial charge in [-0.05, 0) is 11.6 Å². The summed E-state index contributed by atoms with van der Waals surface area (Å²) in [5, 5.41) is 0.863. The zero-order valence-electron chi connectivity index (χ0n) is 7.61. The number of thiol groups is 1. The Bertz CT molecular complexity index is 456. The normalized spacial score (nSPS) is 12.7. The molecular weight excluding hydrogens is 251 g/mol. The molecule has 1 aromatic carbocycles. The van der Waals surface area contributed by atoms with Crippen LogP contribution >= 0.6 is 35.8 Å². The molecular formula is C10H8Cl2N2S. The van der Waals surface area contributed by atoms with Crippen molar-refractivity contribution in [2.24, 2.45) is 0 Å². The predicted octanol–water partition coefficient (Wildman–Crippen LogP) is 3.74. The molecule has 2 aromatic rings. The van der Waals surface area contributed by atoms with Crippen LogP contribution in [0.5, 0.6) is 0 Å². The number of hydrogen-bond donors (Lipinski definition) is 2. The van der Waals surface area contributed by atoms with Crippen LogP contribution in [-0.2, 0) is 0 Å². The van der Waals surface area contributed by atoms with Crippen LogP contribution in [-0.4, -0.2) is 9.97 Å². The molecule has 2 rings (SSSR count). The third-order valence-electron chi connectivity index (χ3n) is 2.05. The zero-order chi connectivity index (χ0) is 10.8. The first kappa shape index (κ1) is 10.9. The number of aromatic amines is 1. The molecule has 0 aliphatic carbocycles. The predicted molar refractivity (Wildman–Crippen MR) is 65.9 cm³/mol. The molecule has 0 fully saturated rings. The number of benzene rings is 1. The second-order valence-corrected chi connectivity index (χ2v) is 4.32. The SMILES string of the molecule is SC(c1ncc[nH]1)c1cccc(Cl)c1Cl. The molecule has 1 N–H and O–H groups in total. The molecule has 1 heterocycles. The summed E-state index contributed by atoms with van der Waals surface area (Å²) in [6.45, 7) is 0. The summed E-state index contributed by atoms with van der Waals surface area (Å²) in [5.74, 6) is 0.752. The minimum Gasteiger partial charge on any atom is -0.347 e. The molecule has 0 bridgehead atoms. The summed E-state index contributed by atoms with van der Waals surface area (Å²) in [4.78, 5) is 7.12. The van der Waals surface area contributed by atoms with Crippen molar-refractivity contribution in [3.63, 3.8) is 0 Å². The molecule has 0 aliphatic rings. The fourth-order valence-corrected chi connectivity index (χ4v) is 2.16. The smallest absolute Gasteiger partial charge is 0.123 e. The first-order valence-corrected chi connectivity index (χ1v) is 5.58. The maximum Gasteiger partial charge on any atom is 0.123 e. The monoisotopic (exact) mass is 258 g/mol. The highest BCUT2D eigenvalue weighted by molar-refractivity contribution is 7.80. The molecule has 0 saturated heterocycles. The number of rotatable bonds is 2. The van der Waals surface area contributed by atoms with E-state index in [1.54, 1.807) is 18.5 Å². The van der Waals surface area contributed by atoms with Gasteiger partial charge in [-0.1, -0.05) is 35.3 Å². The average Bonchev–Trinajstić information content (AvgIpc) is 2.74. The highest BCUT2D eigenvalue weighted by Gasteiger charge is 2.16. The molecule has 0 amide bonds. The van der Waals surface area contributed by atoms with Crippen molar-refractivity contribution in [2.75, 3.05) is 0 Å². The van der Waals surface area contributed by atoms with Gasteiger partial charge in [-0.2, -0.15) is 12.6 Å². The van der Waals surface area contributed by atoms with E-state index in [0.29, 0.717) is 10.0 Å². The number of nitrogens with zero attached hydrogens (tertiary/aromatic N) is 1. The van der Waals surface area contributed by atoms with E-state index in [4.69, 9.17) is 23.2 Å². The van der Waals surface area contributed by atoms with Gasteiger partial charge >= 0.3 is 0 Å². The first-order chi connectivity index (χ1) is 7.20. The van der Waals surface area contributed by atoms with Crippen molar-refractivity contribution in [1.29, 1.82) is 0 Å². The highest BCUT2D eigenvalue weighted by Crippen LogP contribution is 2.35. The third-order valence-corrected chi connectivity index (χ3v) is 3.41. The van der Waals surface area contributed by atoms with Crippen molar-refractivity contribution in [1.82, 2.24) is 9.97 Å². The van der Waals surface area contributed by atoms with Gasteiger partial charge in [0.15, 0.2) is 0 Å². The van der Waals surface area contributed by atoms with Gasteiger partial charge in [0, 0.05) is 12.4 Å². The van der Waals surface area contributed by atoms with Gasteiger partial charge in [-0.3, -0.25) is 0 Å². The lowest BCUT2D eigenvalue weighted by Gasteiger charge is -2.10. The van der Waals surface area contributed by atoms with Crippen LogP contribution in [0.3, 0.4) is 0 Å². The first-order valence-electron chi connectivity index (χ1n) is 4.31. The van der Waals surface area contributed by atoms with Gasteiger partial charge < -0.3 is 4.98 Å². The number of aromatic nitrogens is 2. The second-order valence-electron chi connectivity index (χ2n) is 3.02. The summed E-state index contributed by atoms with van der Waals surface area (Å²) in [5.41, 5.74) is 0.849. The summed E-state index contributed by atoms with van der Waals surface area (Å²) < 4.78 is 0. The van der Waals surface area contributed by atoms with Gasteiger partial charge in [0.05, 0.1) is 15.3 Å². The molecule has 0 radical (unpaired) electrons. The summed E-state index contributed by atoms with van der Waals surface area (Å²) in [6.07, 6.45) is 3.42. The minimum atomic E-state index is -0.189. The molecule has 1 unspecified atom stereocenters. The summed E-state index contributed by atoms with van der Waals surface area (Å²) in [6, 6.07) is 5.47. The fourth-order valence-electron chi connectivity index (χ4n) is 1.31. The van der Waals surface area contributed by atoms with Crippen LogP contribution < -0.4 is 0 Å². The lowest BCUT2D eigenvalue weighted by atomic mass is 10.1. The largest absolute Gasteiger partial charge is 0.347 e. The van der Waals surface area contributed by atoms with Gasteiger partial charge in [0.2, 0.25) is 0 Å². The lowest BCUT2D eigenvalue weighted by Crippen LogP contribution is -1.96. The molecule has 0 aliphatic heterocycles. The zero-order valence-corrected chi connectivity index (χ0v) is 10.0. The van der Waals surface area contributed by atoms with E-state index in [-0.39, 0.29) is 5.25 Å². The maximum atomic E-state index is 6.08. The number of hydrogen-bond acceptors (Lipinski definition) is 2. The topological polar surface area (TPSA) is 28.7 Å². The Morgan fingerprint density at radius 1 is 1.33 bits per heavy atom. The van der Waals surface area contributed by atoms with Crippen LogP contribution in [0.2, 0.25) is 10.0 Å². The van der Waals surface area contributed by atoms with E-state index in [2.05, 4.69) is 22.6 Å². The molecule has 0 spiro atoms. The van der Waals surface area contributed by atoms with Crippen molar-refractivity contribution in [3.05, 3.63) is 52.0 Å². The van der Waals surface area contributed by atoms with E-state index < -0.39 is 0 Å². The molecule has 1 atom stereocenters. The van der Waals surface area contributed by atoms with E-state index in [0.717, 1.165) is 11.4 Å². The van der Waals surface area contributed by atoms with E-state index in [1.165, 1.54) is 0 Å². The standard InChI is InChI=1S/C10H8Cl2N2S/c11-7-3-1-2-6(8(7)12)9(15)10-13-4-5-14-10/h1-5,9,15H,(H,13,14). The maximum absolute atomic E-state index is 6.08. The van der Waals surface area contributed by atoms with Gasteiger partial charge in [0.1, 0.15) is 5.82 Å². The van der Waals surface area contributed by atoms with Gasteiger partial charge in [0.25, 0.3) is 0 Å². The van der Waals surface area contributed by atoms with Crippen LogP contribution in [0.4, 0.5) is 0 Å². The number of imidazole rings is 1. The van der Waals surface area contributed by atoms with Crippen LogP contribution in [0.25, 0.3) is 0 Å². The van der Waals surface area contributed by atoms with Crippen molar-refractivity contribution < 1.29 is 0 Å². The van der Waals surface area contributed by atoms with E-state index >= 15 is 0 Å². The fraction of sp³-hybridized carbons (Fsp3) is 0.100. The molecule has 1 aromatic heterocycles. The Kier molecular flexibility index (Phi) is 3.24. The Labute approximate surface area is 103 Å². The summed E-state index contributed by atoms with van der Waals surface area (Å²) in [7, 11) is 0. The van der Waals surface area contributed by atoms with Crippen LogP contribution in [0, 0.1) is 0 Å². The van der Waals surface area contributed by atoms with Crippen molar-refractivity contribution >= 4 is 35.8 Å². The van der Waals surface area contributed by atoms with Crippen molar-refractivity contribution in [3.8, 4) is 0 Å². The van der Waals surface area contributed by atoms with Crippen LogP contribution in [0.1, 0.15) is 16.6 Å². The number of nitrogens with one attached hydrogen (secondary N) is 1. The quantitative estimate of drug-likeness (QED) is 0.790. The molecule has 2 nitrogen and oxygen atoms in total. The second kappa shape index (κ2) is 4.47. The average molecular weight is 259 g/mol. The van der Waals surface area contributed by atoms with E-state index in [1.807, 2.05) is 12.1 Å². The van der Waals surface area contributed by atoms with Gasteiger partial charge in [-0.15, -0.1) is 0 Å². The third kappa shape index (κ3) is 2.14. The Morgan fingerprint density at radius 2 is 2.13 bits per heavy atom. The van der Waals surface area contributed by atoms with Crippen LogP contribution in [0.15, 0.2) is 30.6 Å². The molecule has 15 heavy (non-hydrogen) atoms. The molecule has 5 heteroatoms. The van der Waals surface area contributed by atoms with Crippen molar-refractivity contribution in [2.45, 2.75) is 5.25 Å². The van der Waals surface area contributed by atoms with E-state index in [9.17, 15) is 0 Å². The number of halogens is 2. The molecule has 78 valence electrons. The van der Waals surface area contributed by atoms with Gasteiger partial charge in [-0.25, -0.2) is 4.98 Å². The lowest BCUT2D eigenvalue weighted by molar-refractivity contribution is 1.01. The number of H-pyrrole nitrogens is 1. The minimum absolute atomic E-state index is 0.189. The Hall–Kier alpha value is -0.640. The Balaban J connectivity index is 2.42. The highest BCUT2D eigenvalue weighted by atomic mass is 35.5. The molecule has 0 saturated carbocycles. The Morgan fingerprint density at radius 3 is 2.80 bits per heavy atom.